The van der Waals surface area contributed by atoms with Gasteiger partial charge in [0.2, 0.25) is 0 Å². The molecule has 108 valence electrons. The summed E-state index contributed by atoms with van der Waals surface area (Å²) in [6.45, 7) is 0. The van der Waals surface area contributed by atoms with Crippen LogP contribution in [0.1, 0.15) is 20.8 Å². The van der Waals surface area contributed by atoms with E-state index in [0.29, 0.717) is 0 Å². The number of carbonyl (C=O) groups is 2. The highest BCUT2D eigenvalue weighted by atomic mass is 19.1. The van der Waals surface area contributed by atoms with Gasteiger partial charge in [-0.05, 0) is 24.3 Å². The van der Waals surface area contributed by atoms with Crippen LogP contribution in [0.15, 0.2) is 36.5 Å². The van der Waals surface area contributed by atoms with Crippen molar-refractivity contribution in [2.45, 2.75) is 0 Å². The number of benzene rings is 1. The Kier molecular flexibility index (Phi) is 4.13. The fourth-order valence-corrected chi connectivity index (χ4v) is 1.68. The number of nitrogens with zero attached hydrogens (tertiary/aromatic N) is 1. The maximum atomic E-state index is 13.7. The Morgan fingerprint density at radius 2 is 2.05 bits per heavy atom. The van der Waals surface area contributed by atoms with Gasteiger partial charge in [0.15, 0.2) is 0 Å². The molecule has 2 rings (SSSR count). The number of carboxylic acids is 1. The van der Waals surface area contributed by atoms with E-state index >= 15 is 0 Å². The van der Waals surface area contributed by atoms with Crippen molar-refractivity contribution in [3.63, 3.8) is 0 Å². The van der Waals surface area contributed by atoms with Crippen LogP contribution >= 0.6 is 0 Å². The van der Waals surface area contributed by atoms with Crippen LogP contribution in [-0.4, -0.2) is 29.1 Å². The van der Waals surface area contributed by atoms with Crippen molar-refractivity contribution >= 4 is 17.6 Å². The van der Waals surface area contributed by atoms with Gasteiger partial charge in [0.05, 0.1) is 19.0 Å². The molecule has 0 radical (unpaired) electrons. The molecule has 0 aliphatic heterocycles. The molecule has 0 saturated heterocycles. The molecule has 0 bridgehead atoms. The highest BCUT2D eigenvalue weighted by Crippen LogP contribution is 2.22. The van der Waals surface area contributed by atoms with Gasteiger partial charge in [-0.15, -0.1) is 0 Å². The number of amides is 1. The first kappa shape index (κ1) is 14.4. The van der Waals surface area contributed by atoms with Crippen LogP contribution in [0.25, 0.3) is 0 Å². The highest BCUT2D eigenvalue weighted by Gasteiger charge is 2.17. The fourth-order valence-electron chi connectivity index (χ4n) is 1.68. The lowest BCUT2D eigenvalue weighted by molar-refractivity contribution is 0.0690. The van der Waals surface area contributed by atoms with Gasteiger partial charge in [-0.1, -0.05) is 6.07 Å². The van der Waals surface area contributed by atoms with Crippen molar-refractivity contribution in [1.29, 1.82) is 0 Å². The minimum Gasteiger partial charge on any atom is -0.496 e. The minimum absolute atomic E-state index is 0.0996. The largest absolute Gasteiger partial charge is 0.496 e. The predicted octanol–water partition coefficient (Wildman–Crippen LogP) is 2.18. The summed E-state index contributed by atoms with van der Waals surface area (Å²) in [5, 5.41) is 11.1. The maximum Gasteiger partial charge on any atom is 0.354 e. The van der Waals surface area contributed by atoms with E-state index in [-0.39, 0.29) is 22.7 Å². The topological polar surface area (TPSA) is 88.5 Å². The molecule has 1 heterocycles. The highest BCUT2D eigenvalue weighted by molar-refractivity contribution is 6.06. The van der Waals surface area contributed by atoms with Crippen molar-refractivity contribution < 1.29 is 23.8 Å². The molecule has 0 aliphatic carbocycles. The van der Waals surface area contributed by atoms with Crippen molar-refractivity contribution in [2.75, 3.05) is 12.4 Å². The third-order valence-corrected chi connectivity index (χ3v) is 2.66. The number of hydrogen-bond acceptors (Lipinski definition) is 4. The number of carbonyl (C=O) groups excluding carboxylic acids is 1. The Morgan fingerprint density at radius 3 is 2.62 bits per heavy atom. The van der Waals surface area contributed by atoms with Crippen molar-refractivity contribution in [1.82, 2.24) is 4.98 Å². The lowest BCUT2D eigenvalue weighted by atomic mass is 10.1. The zero-order chi connectivity index (χ0) is 15.4. The molecule has 0 aliphatic rings. The number of ether oxygens (including phenoxy) is 1. The zero-order valence-electron chi connectivity index (χ0n) is 11.0. The van der Waals surface area contributed by atoms with Crippen molar-refractivity contribution in [3.8, 4) is 5.75 Å². The van der Waals surface area contributed by atoms with Gasteiger partial charge in [-0.25, -0.2) is 14.2 Å². The number of nitrogens with one attached hydrogen (secondary N) is 1. The normalized spacial score (nSPS) is 10.0. The number of methoxy groups -OCH3 is 1. The van der Waals surface area contributed by atoms with Gasteiger partial charge in [-0.2, -0.15) is 0 Å². The summed E-state index contributed by atoms with van der Waals surface area (Å²) in [5.41, 5.74) is -0.144. The molecule has 0 fully saturated rings. The van der Waals surface area contributed by atoms with Crippen LogP contribution in [0.5, 0.6) is 5.75 Å². The standard InChI is InChI=1S/C14H11FN2O4/c1-21-11-4-2-3-9(15)12(11)13(18)17-8-5-6-10(14(19)20)16-7-8/h2-7H,1H3,(H,17,18)(H,19,20). The molecule has 6 nitrogen and oxygen atoms in total. The first-order chi connectivity index (χ1) is 10.0. The average Bonchev–Trinajstić information content (AvgIpc) is 2.47. The van der Waals surface area contributed by atoms with Crippen molar-refractivity contribution in [2.24, 2.45) is 0 Å². The molecule has 1 amide bonds. The molecule has 1 aromatic carbocycles. The average molecular weight is 290 g/mol. The van der Waals surface area contributed by atoms with E-state index in [1.807, 2.05) is 0 Å². The summed E-state index contributed by atoms with van der Waals surface area (Å²) in [4.78, 5) is 26.4. The van der Waals surface area contributed by atoms with Gasteiger partial charge in [0, 0.05) is 0 Å². The first-order valence-corrected chi connectivity index (χ1v) is 5.86. The third kappa shape index (κ3) is 3.14. The van der Waals surface area contributed by atoms with Crippen LogP contribution in [0.2, 0.25) is 0 Å². The zero-order valence-corrected chi connectivity index (χ0v) is 11.0. The summed E-state index contributed by atoms with van der Waals surface area (Å²) in [5.74, 6) is -2.51. The summed E-state index contributed by atoms with van der Waals surface area (Å²) >= 11 is 0. The lowest BCUT2D eigenvalue weighted by Gasteiger charge is -2.10. The van der Waals surface area contributed by atoms with Crippen molar-refractivity contribution in [3.05, 3.63) is 53.6 Å². The second-order valence-corrected chi connectivity index (χ2v) is 4.01. The van der Waals surface area contributed by atoms with Gasteiger partial charge in [0.1, 0.15) is 22.8 Å². The van der Waals surface area contributed by atoms with E-state index in [1.54, 1.807) is 0 Å². The van der Waals surface area contributed by atoms with E-state index in [9.17, 15) is 14.0 Å². The smallest absolute Gasteiger partial charge is 0.354 e. The number of aromatic nitrogens is 1. The molecular formula is C14H11FN2O4. The number of halogens is 1. The molecule has 0 atom stereocenters. The van der Waals surface area contributed by atoms with E-state index in [2.05, 4.69) is 10.3 Å². The Morgan fingerprint density at radius 1 is 1.29 bits per heavy atom. The van der Waals surface area contributed by atoms with Crippen LogP contribution in [0.3, 0.4) is 0 Å². The van der Waals surface area contributed by atoms with E-state index in [0.717, 1.165) is 6.07 Å². The fraction of sp³-hybridized carbons (Fsp3) is 0.0714. The Balaban J connectivity index is 2.24. The Hall–Kier alpha value is -2.96. The molecule has 0 unspecified atom stereocenters. The maximum absolute atomic E-state index is 13.7. The van der Waals surface area contributed by atoms with Crippen LogP contribution in [0.4, 0.5) is 10.1 Å². The molecule has 2 aromatic rings. The number of hydrogen-bond donors (Lipinski definition) is 2. The molecular weight excluding hydrogens is 279 g/mol. The molecule has 7 heteroatoms. The Bertz CT molecular complexity index is 686. The summed E-state index contributed by atoms with van der Waals surface area (Å²) in [6.07, 6.45) is 1.18. The first-order valence-electron chi connectivity index (χ1n) is 5.86. The minimum atomic E-state index is -1.18. The number of anilines is 1. The number of aromatic carboxylic acids is 1. The number of carboxylic acid groups (broad SMARTS) is 1. The quantitative estimate of drug-likeness (QED) is 0.901. The molecule has 0 spiro atoms. The Labute approximate surface area is 119 Å². The number of pyridine rings is 1. The molecule has 0 saturated carbocycles. The molecule has 21 heavy (non-hydrogen) atoms. The molecule has 1 aromatic heterocycles. The van der Waals surface area contributed by atoms with E-state index in [4.69, 9.17) is 9.84 Å². The summed E-state index contributed by atoms with van der Waals surface area (Å²) in [6, 6.07) is 6.62. The lowest BCUT2D eigenvalue weighted by Crippen LogP contribution is -2.15. The second-order valence-electron chi connectivity index (χ2n) is 4.01. The van der Waals surface area contributed by atoms with Gasteiger partial charge in [0.25, 0.3) is 5.91 Å². The second kappa shape index (κ2) is 6.00. The number of rotatable bonds is 4. The monoisotopic (exact) mass is 290 g/mol. The van der Waals surface area contributed by atoms with Crippen LogP contribution in [0, 0.1) is 5.82 Å². The summed E-state index contributed by atoms with van der Waals surface area (Å²) < 4.78 is 18.7. The molecule has 2 N–H and O–H groups in total. The van der Waals surface area contributed by atoms with E-state index < -0.39 is 17.7 Å². The van der Waals surface area contributed by atoms with Gasteiger partial charge < -0.3 is 15.2 Å². The SMILES string of the molecule is COc1cccc(F)c1C(=O)Nc1ccc(C(=O)O)nc1. The van der Waals surface area contributed by atoms with Crippen LogP contribution in [-0.2, 0) is 0 Å². The van der Waals surface area contributed by atoms with Crippen LogP contribution < -0.4 is 10.1 Å². The van der Waals surface area contributed by atoms with Gasteiger partial charge in [-0.3, -0.25) is 4.79 Å². The van der Waals surface area contributed by atoms with E-state index in [1.165, 1.54) is 37.6 Å². The van der Waals surface area contributed by atoms with Gasteiger partial charge >= 0.3 is 5.97 Å². The third-order valence-electron chi connectivity index (χ3n) is 2.66. The summed E-state index contributed by atoms with van der Waals surface area (Å²) in [7, 11) is 1.33. The predicted molar refractivity (Wildman–Crippen MR) is 72.1 cm³/mol.